The molecule has 0 aliphatic carbocycles. The van der Waals surface area contributed by atoms with E-state index in [0.717, 1.165) is 31.7 Å². The maximum atomic E-state index is 12.6. The molecule has 0 saturated carbocycles. The van der Waals surface area contributed by atoms with Crippen LogP contribution in [0, 0.1) is 12.3 Å². The minimum Gasteiger partial charge on any atom is -0.489 e. The van der Waals surface area contributed by atoms with E-state index in [0.29, 0.717) is 13.2 Å². The first-order valence-corrected chi connectivity index (χ1v) is 8.27. The van der Waals surface area contributed by atoms with Crippen molar-refractivity contribution in [1.29, 1.82) is 0 Å². The van der Waals surface area contributed by atoms with Gasteiger partial charge in [-0.1, -0.05) is 17.7 Å². The summed E-state index contributed by atoms with van der Waals surface area (Å²) in [6.07, 6.45) is 1.53. The van der Waals surface area contributed by atoms with Crippen LogP contribution in [0.5, 0.6) is 5.75 Å². The van der Waals surface area contributed by atoms with E-state index in [1.807, 2.05) is 38.1 Å². The number of carbonyl (C=O) groups is 1. The highest BCUT2D eigenvalue weighted by atomic mass is 16.5. The van der Waals surface area contributed by atoms with Crippen LogP contribution >= 0.6 is 0 Å². The first kappa shape index (κ1) is 17.8. The van der Waals surface area contributed by atoms with Gasteiger partial charge in [0, 0.05) is 7.11 Å². The molecule has 2 rings (SSSR count). The van der Waals surface area contributed by atoms with Crippen molar-refractivity contribution in [2.24, 2.45) is 5.41 Å². The van der Waals surface area contributed by atoms with Crippen LogP contribution in [0.15, 0.2) is 24.3 Å². The third-order valence-electron chi connectivity index (χ3n) is 4.37. The number of ether oxygens (including phenoxy) is 2. The van der Waals surface area contributed by atoms with Gasteiger partial charge in [0.1, 0.15) is 11.9 Å². The number of methoxy groups -OCH3 is 1. The van der Waals surface area contributed by atoms with Crippen LogP contribution in [-0.4, -0.2) is 45.4 Å². The van der Waals surface area contributed by atoms with Crippen molar-refractivity contribution in [3.05, 3.63) is 29.8 Å². The van der Waals surface area contributed by atoms with Crippen molar-refractivity contribution >= 4 is 5.91 Å². The number of aryl methyl sites for hydroxylation is 1. The normalized spacial score (nSPS) is 18.2. The van der Waals surface area contributed by atoms with Crippen molar-refractivity contribution in [3.8, 4) is 5.75 Å². The molecule has 5 heteroatoms. The monoisotopic (exact) mass is 320 g/mol. The van der Waals surface area contributed by atoms with E-state index in [1.54, 1.807) is 7.11 Å². The summed E-state index contributed by atoms with van der Waals surface area (Å²) in [6.45, 7) is 6.67. The predicted octanol–water partition coefficient (Wildman–Crippen LogP) is 1.89. The van der Waals surface area contributed by atoms with E-state index in [9.17, 15) is 4.79 Å². The Kier molecular flexibility index (Phi) is 6.42. The number of piperidine rings is 1. The minimum atomic E-state index is -0.413. The smallest absolute Gasteiger partial charge is 0.228 e. The molecule has 1 heterocycles. The second kappa shape index (κ2) is 8.31. The van der Waals surface area contributed by atoms with Crippen LogP contribution in [0.3, 0.4) is 0 Å². The van der Waals surface area contributed by atoms with E-state index in [4.69, 9.17) is 9.47 Å². The summed E-state index contributed by atoms with van der Waals surface area (Å²) in [5, 5.41) is 6.33. The molecule has 0 spiro atoms. The van der Waals surface area contributed by atoms with Gasteiger partial charge < -0.3 is 20.1 Å². The van der Waals surface area contributed by atoms with Gasteiger partial charge in [-0.3, -0.25) is 4.79 Å². The molecule has 128 valence electrons. The van der Waals surface area contributed by atoms with E-state index in [2.05, 4.69) is 10.6 Å². The highest BCUT2D eigenvalue weighted by Crippen LogP contribution is 2.29. The fraction of sp³-hybridized carbons (Fsp3) is 0.611. The zero-order valence-electron chi connectivity index (χ0n) is 14.4. The van der Waals surface area contributed by atoms with Crippen molar-refractivity contribution in [3.63, 3.8) is 0 Å². The summed E-state index contributed by atoms with van der Waals surface area (Å²) in [6, 6.07) is 7.94. The summed E-state index contributed by atoms with van der Waals surface area (Å²) in [4.78, 5) is 12.6. The predicted molar refractivity (Wildman–Crippen MR) is 90.7 cm³/mol. The molecule has 2 N–H and O–H groups in total. The third-order valence-corrected chi connectivity index (χ3v) is 4.37. The summed E-state index contributed by atoms with van der Waals surface area (Å²) >= 11 is 0. The minimum absolute atomic E-state index is 0.0696. The fourth-order valence-corrected chi connectivity index (χ4v) is 2.93. The van der Waals surface area contributed by atoms with Crippen LogP contribution in [0.4, 0.5) is 0 Å². The lowest BCUT2D eigenvalue weighted by Crippen LogP contribution is -2.51. The number of rotatable bonds is 7. The second-order valence-corrected chi connectivity index (χ2v) is 6.41. The number of nitrogens with one attached hydrogen (secondary N) is 2. The quantitative estimate of drug-likeness (QED) is 0.805. The van der Waals surface area contributed by atoms with Crippen molar-refractivity contribution < 1.29 is 14.3 Å². The molecule has 1 unspecified atom stereocenters. The number of hydrogen-bond donors (Lipinski definition) is 2. The number of benzene rings is 1. The average molecular weight is 320 g/mol. The third kappa shape index (κ3) is 4.94. The molecule has 0 bridgehead atoms. The highest BCUT2D eigenvalue weighted by Gasteiger charge is 2.39. The Bertz CT molecular complexity index is 490. The van der Waals surface area contributed by atoms with Crippen LogP contribution in [0.2, 0.25) is 0 Å². The molecule has 1 aromatic rings. The van der Waals surface area contributed by atoms with Crippen LogP contribution in [-0.2, 0) is 9.53 Å². The Labute approximate surface area is 138 Å². The lowest BCUT2D eigenvalue weighted by molar-refractivity contribution is -0.136. The molecule has 1 saturated heterocycles. The molecule has 0 radical (unpaired) electrons. The summed E-state index contributed by atoms with van der Waals surface area (Å²) in [5.74, 6) is 0.894. The van der Waals surface area contributed by atoms with Gasteiger partial charge in [-0.2, -0.15) is 0 Å². The zero-order chi connectivity index (χ0) is 16.7. The molecule has 5 nitrogen and oxygen atoms in total. The Morgan fingerprint density at radius 2 is 1.96 bits per heavy atom. The first-order chi connectivity index (χ1) is 11.1. The van der Waals surface area contributed by atoms with Crippen molar-refractivity contribution in [2.75, 3.05) is 33.4 Å². The van der Waals surface area contributed by atoms with Gasteiger partial charge in [-0.15, -0.1) is 0 Å². The van der Waals surface area contributed by atoms with E-state index in [1.165, 1.54) is 5.56 Å². The van der Waals surface area contributed by atoms with Gasteiger partial charge in [-0.25, -0.2) is 0 Å². The number of amides is 1. The van der Waals surface area contributed by atoms with Gasteiger partial charge in [0.15, 0.2) is 0 Å². The molecular formula is C18H28N2O3. The van der Waals surface area contributed by atoms with Crippen LogP contribution in [0.25, 0.3) is 0 Å². The highest BCUT2D eigenvalue weighted by molar-refractivity contribution is 5.83. The SMILES string of the molecule is COCC1(C(=O)NCC(C)Oc2ccc(C)cc2)CCNCC1. The van der Waals surface area contributed by atoms with E-state index >= 15 is 0 Å². The Morgan fingerprint density at radius 3 is 2.57 bits per heavy atom. The number of hydrogen-bond acceptors (Lipinski definition) is 4. The number of carbonyl (C=O) groups excluding carboxylic acids is 1. The fourth-order valence-electron chi connectivity index (χ4n) is 2.93. The summed E-state index contributed by atoms with van der Waals surface area (Å²) < 4.78 is 11.1. The summed E-state index contributed by atoms with van der Waals surface area (Å²) in [5.41, 5.74) is 0.787. The topological polar surface area (TPSA) is 59.6 Å². The molecule has 1 aliphatic rings. The first-order valence-electron chi connectivity index (χ1n) is 8.27. The van der Waals surface area contributed by atoms with E-state index in [-0.39, 0.29) is 12.0 Å². The molecule has 1 fully saturated rings. The Hall–Kier alpha value is -1.59. The van der Waals surface area contributed by atoms with E-state index < -0.39 is 5.41 Å². The van der Waals surface area contributed by atoms with Gasteiger partial charge in [-0.05, 0) is 51.9 Å². The Balaban J connectivity index is 1.85. The largest absolute Gasteiger partial charge is 0.489 e. The van der Waals surface area contributed by atoms with Crippen molar-refractivity contribution in [1.82, 2.24) is 10.6 Å². The van der Waals surface area contributed by atoms with Gasteiger partial charge in [0.25, 0.3) is 0 Å². The lowest BCUT2D eigenvalue weighted by atomic mass is 9.78. The van der Waals surface area contributed by atoms with Crippen LogP contribution < -0.4 is 15.4 Å². The van der Waals surface area contributed by atoms with Gasteiger partial charge in [0.2, 0.25) is 5.91 Å². The molecule has 23 heavy (non-hydrogen) atoms. The van der Waals surface area contributed by atoms with Crippen LogP contribution in [0.1, 0.15) is 25.3 Å². The summed E-state index contributed by atoms with van der Waals surface area (Å²) in [7, 11) is 1.65. The zero-order valence-corrected chi connectivity index (χ0v) is 14.4. The standard InChI is InChI=1S/C18H28N2O3/c1-14-4-6-16(7-5-14)23-15(2)12-20-17(21)18(13-22-3)8-10-19-11-9-18/h4-7,15,19H,8-13H2,1-3H3,(H,20,21). The van der Waals surface area contributed by atoms with Gasteiger partial charge >= 0.3 is 0 Å². The Morgan fingerprint density at radius 1 is 1.30 bits per heavy atom. The van der Waals surface area contributed by atoms with Crippen molar-refractivity contribution in [2.45, 2.75) is 32.8 Å². The maximum Gasteiger partial charge on any atom is 0.228 e. The molecular weight excluding hydrogens is 292 g/mol. The molecule has 1 amide bonds. The molecule has 1 aliphatic heterocycles. The molecule has 1 aromatic carbocycles. The maximum absolute atomic E-state index is 12.6. The molecule has 0 aromatic heterocycles. The average Bonchev–Trinajstić information content (AvgIpc) is 2.56. The molecule has 1 atom stereocenters. The lowest BCUT2D eigenvalue weighted by Gasteiger charge is -2.35. The second-order valence-electron chi connectivity index (χ2n) is 6.41. The van der Waals surface area contributed by atoms with Gasteiger partial charge in [0.05, 0.1) is 18.6 Å².